The lowest BCUT2D eigenvalue weighted by Gasteiger charge is -2.30. The number of nitro groups is 1. The number of rotatable bonds is 3. The highest BCUT2D eigenvalue weighted by atomic mass is 32.2. The second kappa shape index (κ2) is 6.70. The Morgan fingerprint density at radius 1 is 1.21 bits per heavy atom. The van der Waals surface area contributed by atoms with Gasteiger partial charge in [0.1, 0.15) is 0 Å². The minimum Gasteiger partial charge on any atom is -0.370 e. The molecule has 1 heterocycles. The Hall–Kier alpha value is -1.63. The summed E-state index contributed by atoms with van der Waals surface area (Å²) >= 11 is 0. The van der Waals surface area contributed by atoms with Crippen molar-refractivity contribution in [3.05, 3.63) is 28.3 Å². The van der Waals surface area contributed by atoms with Gasteiger partial charge in [-0.25, -0.2) is 8.42 Å². The van der Waals surface area contributed by atoms with Gasteiger partial charge in [-0.3, -0.25) is 10.1 Å². The molecular formula is C17H26N2O4S. The van der Waals surface area contributed by atoms with Gasteiger partial charge in [-0.15, -0.1) is 0 Å². The first-order chi connectivity index (χ1) is 11.0. The van der Waals surface area contributed by atoms with E-state index in [1.54, 1.807) is 6.07 Å². The summed E-state index contributed by atoms with van der Waals surface area (Å²) in [5, 5.41) is 11.0. The monoisotopic (exact) mass is 354 g/mol. The fraction of sp³-hybridized carbons (Fsp3) is 0.647. The molecule has 1 aromatic carbocycles. The molecule has 6 nitrogen and oxygen atoms in total. The smallest absolute Gasteiger partial charge is 0.270 e. The van der Waals surface area contributed by atoms with Crippen molar-refractivity contribution in [1.29, 1.82) is 0 Å². The summed E-state index contributed by atoms with van der Waals surface area (Å²) in [7, 11) is -3.54. The Labute approximate surface area is 143 Å². The first kappa shape index (κ1) is 18.7. The molecule has 0 saturated carbocycles. The molecule has 0 N–H and O–H groups in total. The summed E-state index contributed by atoms with van der Waals surface area (Å²) in [5.74, 6) is 0.585. The van der Waals surface area contributed by atoms with Crippen LogP contribution in [0.15, 0.2) is 23.1 Å². The minimum absolute atomic E-state index is 0.0471. The molecule has 7 heteroatoms. The molecule has 1 aliphatic rings. The molecule has 1 aromatic rings. The zero-order valence-electron chi connectivity index (χ0n) is 14.8. The van der Waals surface area contributed by atoms with Gasteiger partial charge in [-0.05, 0) is 36.7 Å². The summed E-state index contributed by atoms with van der Waals surface area (Å²) in [6.45, 7) is 8.25. The zero-order chi connectivity index (χ0) is 18.1. The third-order valence-electron chi connectivity index (χ3n) is 4.85. The topological polar surface area (TPSA) is 80.5 Å². The molecule has 2 rings (SSSR count). The first-order valence-electron chi connectivity index (χ1n) is 8.23. The predicted octanol–water partition coefficient (Wildman–Crippen LogP) is 3.65. The van der Waals surface area contributed by atoms with Crippen LogP contribution in [0.5, 0.6) is 0 Å². The Balaban J connectivity index is 2.36. The Morgan fingerprint density at radius 2 is 1.88 bits per heavy atom. The standard InChI is InChI=1S/C17H26N2O4S/c1-17(2,3)13-6-5-10-18(11-9-13)15-8-7-14(19(20)21)12-16(15)24(4,22)23/h7-8,12-13H,5-6,9-11H2,1-4H3. The molecule has 0 bridgehead atoms. The van der Waals surface area contributed by atoms with Crippen LogP contribution in [0, 0.1) is 21.4 Å². The molecule has 134 valence electrons. The second-order valence-corrected chi connectivity index (χ2v) is 9.65. The molecule has 1 atom stereocenters. The van der Waals surface area contributed by atoms with Crippen LogP contribution in [0.3, 0.4) is 0 Å². The van der Waals surface area contributed by atoms with Gasteiger partial charge in [0.05, 0.1) is 15.5 Å². The van der Waals surface area contributed by atoms with Crippen LogP contribution in [0.2, 0.25) is 0 Å². The lowest BCUT2D eigenvalue weighted by Crippen LogP contribution is -2.27. The third kappa shape index (κ3) is 4.26. The van der Waals surface area contributed by atoms with E-state index < -0.39 is 14.8 Å². The molecule has 0 aliphatic carbocycles. The van der Waals surface area contributed by atoms with Gasteiger partial charge in [0.15, 0.2) is 9.84 Å². The maximum Gasteiger partial charge on any atom is 0.270 e. The van der Waals surface area contributed by atoms with Crippen molar-refractivity contribution >= 4 is 21.2 Å². The fourth-order valence-electron chi connectivity index (χ4n) is 3.38. The molecule has 1 fully saturated rings. The van der Waals surface area contributed by atoms with Crippen LogP contribution >= 0.6 is 0 Å². The van der Waals surface area contributed by atoms with E-state index in [1.165, 1.54) is 12.1 Å². The van der Waals surface area contributed by atoms with Crippen LogP contribution in [0.4, 0.5) is 11.4 Å². The van der Waals surface area contributed by atoms with Gasteiger partial charge < -0.3 is 4.90 Å². The Kier molecular flexibility index (Phi) is 5.22. The fourth-order valence-corrected chi connectivity index (χ4v) is 4.29. The van der Waals surface area contributed by atoms with E-state index in [1.807, 2.05) is 0 Å². The van der Waals surface area contributed by atoms with Crippen LogP contribution < -0.4 is 4.90 Å². The quantitative estimate of drug-likeness (QED) is 0.611. The molecule has 0 amide bonds. The zero-order valence-corrected chi connectivity index (χ0v) is 15.6. The number of nitrogens with zero attached hydrogens (tertiary/aromatic N) is 2. The van der Waals surface area contributed by atoms with Crippen molar-refractivity contribution in [2.45, 2.75) is 44.9 Å². The second-order valence-electron chi connectivity index (χ2n) is 7.66. The van der Waals surface area contributed by atoms with Crippen LogP contribution in [0.1, 0.15) is 40.0 Å². The van der Waals surface area contributed by atoms with E-state index >= 15 is 0 Å². The van der Waals surface area contributed by atoms with E-state index in [0.717, 1.165) is 38.6 Å². The average Bonchev–Trinajstić information content (AvgIpc) is 2.71. The Morgan fingerprint density at radius 3 is 2.42 bits per heavy atom. The highest BCUT2D eigenvalue weighted by Crippen LogP contribution is 2.37. The number of benzene rings is 1. The van der Waals surface area contributed by atoms with Crippen LogP contribution in [-0.2, 0) is 9.84 Å². The lowest BCUT2D eigenvalue weighted by molar-refractivity contribution is -0.385. The molecule has 0 spiro atoms. The van der Waals surface area contributed by atoms with Gasteiger partial charge >= 0.3 is 0 Å². The van der Waals surface area contributed by atoms with Gasteiger partial charge in [0.2, 0.25) is 0 Å². The van der Waals surface area contributed by atoms with Crippen molar-refractivity contribution in [3.63, 3.8) is 0 Å². The number of hydrogen-bond donors (Lipinski definition) is 0. The van der Waals surface area contributed by atoms with E-state index in [-0.39, 0.29) is 16.0 Å². The molecule has 1 unspecified atom stereocenters. The number of anilines is 1. The molecular weight excluding hydrogens is 328 g/mol. The van der Waals surface area contributed by atoms with Gasteiger partial charge in [-0.2, -0.15) is 0 Å². The van der Waals surface area contributed by atoms with Gasteiger partial charge in [-0.1, -0.05) is 20.8 Å². The number of non-ortho nitro benzene ring substituents is 1. The first-order valence-corrected chi connectivity index (χ1v) is 10.1. The van der Waals surface area contributed by atoms with Crippen molar-refractivity contribution in [3.8, 4) is 0 Å². The van der Waals surface area contributed by atoms with E-state index in [9.17, 15) is 18.5 Å². The van der Waals surface area contributed by atoms with Crippen LogP contribution in [0.25, 0.3) is 0 Å². The largest absolute Gasteiger partial charge is 0.370 e. The van der Waals surface area contributed by atoms with E-state index in [4.69, 9.17) is 0 Å². The lowest BCUT2D eigenvalue weighted by atomic mass is 9.77. The van der Waals surface area contributed by atoms with Crippen molar-refractivity contribution in [1.82, 2.24) is 0 Å². The van der Waals surface area contributed by atoms with Crippen molar-refractivity contribution in [2.24, 2.45) is 11.3 Å². The summed E-state index contributed by atoms with van der Waals surface area (Å²) in [6.07, 6.45) is 4.19. The number of nitro benzene ring substituents is 1. The van der Waals surface area contributed by atoms with Gasteiger partial charge in [0, 0.05) is 31.5 Å². The highest BCUT2D eigenvalue weighted by Gasteiger charge is 2.29. The average molecular weight is 354 g/mol. The summed E-state index contributed by atoms with van der Waals surface area (Å²) in [4.78, 5) is 12.5. The highest BCUT2D eigenvalue weighted by molar-refractivity contribution is 7.90. The summed E-state index contributed by atoms with van der Waals surface area (Å²) in [5.41, 5.74) is 0.615. The van der Waals surface area contributed by atoms with E-state index in [2.05, 4.69) is 25.7 Å². The maximum atomic E-state index is 12.1. The molecule has 1 saturated heterocycles. The number of hydrogen-bond acceptors (Lipinski definition) is 5. The van der Waals surface area contributed by atoms with E-state index in [0.29, 0.717) is 11.6 Å². The molecule has 0 aromatic heterocycles. The van der Waals surface area contributed by atoms with Crippen molar-refractivity contribution in [2.75, 3.05) is 24.2 Å². The molecule has 24 heavy (non-hydrogen) atoms. The third-order valence-corrected chi connectivity index (χ3v) is 5.97. The maximum absolute atomic E-state index is 12.1. The SMILES string of the molecule is CC(C)(C)C1CCCN(c2ccc([N+](=O)[O-])cc2S(C)(=O)=O)CC1. The van der Waals surface area contributed by atoms with Crippen LogP contribution in [-0.4, -0.2) is 32.7 Å². The summed E-state index contributed by atoms with van der Waals surface area (Å²) < 4.78 is 24.3. The predicted molar refractivity (Wildman–Crippen MR) is 95.2 cm³/mol. The molecule has 1 aliphatic heterocycles. The Bertz CT molecular complexity index is 723. The summed E-state index contributed by atoms with van der Waals surface area (Å²) in [6, 6.07) is 4.14. The molecule has 0 radical (unpaired) electrons. The van der Waals surface area contributed by atoms with Gasteiger partial charge in [0.25, 0.3) is 5.69 Å². The number of sulfone groups is 1. The normalized spacial score (nSPS) is 19.8. The minimum atomic E-state index is -3.54. The van der Waals surface area contributed by atoms with Crippen molar-refractivity contribution < 1.29 is 13.3 Å².